The number of nitrogens with one attached hydrogen (secondary N) is 1. The Morgan fingerprint density at radius 1 is 1.06 bits per heavy atom. The lowest BCUT2D eigenvalue weighted by molar-refractivity contribution is -0.119. The number of sulfonamides is 1. The maximum absolute atomic E-state index is 13.4. The van der Waals surface area contributed by atoms with E-state index in [0.717, 1.165) is 22.0 Å². The molecule has 31 heavy (non-hydrogen) atoms. The summed E-state index contributed by atoms with van der Waals surface area (Å²) in [6.45, 7) is 1.28. The molecule has 0 atom stereocenters. The molecule has 0 spiro atoms. The van der Waals surface area contributed by atoms with Crippen LogP contribution in [0.1, 0.15) is 11.1 Å². The third-order valence-electron chi connectivity index (χ3n) is 4.31. The molecule has 0 radical (unpaired) electrons. The highest BCUT2D eigenvalue weighted by atomic mass is 35.5. The number of rotatable bonds is 7. The second-order valence-electron chi connectivity index (χ2n) is 6.62. The molecule has 0 saturated heterocycles. The van der Waals surface area contributed by atoms with Crippen LogP contribution in [0.4, 0.5) is 10.1 Å². The average Bonchev–Trinajstić information content (AvgIpc) is 2.74. The Hall–Kier alpha value is -3.23. The van der Waals surface area contributed by atoms with Crippen LogP contribution in [0.25, 0.3) is 0 Å². The quantitative estimate of drug-likeness (QED) is 0.426. The van der Waals surface area contributed by atoms with Crippen LogP contribution in [0.3, 0.4) is 0 Å². The first-order valence-corrected chi connectivity index (χ1v) is 11.0. The van der Waals surface area contributed by atoms with Crippen molar-refractivity contribution in [1.29, 1.82) is 0 Å². The number of hydrogen-bond donors (Lipinski definition) is 1. The molecule has 9 heteroatoms. The summed E-state index contributed by atoms with van der Waals surface area (Å²) in [5.41, 5.74) is 3.92. The molecule has 1 N–H and O–H groups in total. The van der Waals surface area contributed by atoms with E-state index in [1.165, 1.54) is 30.5 Å². The van der Waals surface area contributed by atoms with Crippen LogP contribution in [-0.4, -0.2) is 27.1 Å². The van der Waals surface area contributed by atoms with Crippen molar-refractivity contribution in [3.8, 4) is 0 Å². The van der Waals surface area contributed by atoms with Gasteiger partial charge in [0.25, 0.3) is 15.9 Å². The van der Waals surface area contributed by atoms with Crippen LogP contribution in [0.5, 0.6) is 0 Å². The topological polar surface area (TPSA) is 78.8 Å². The first kappa shape index (κ1) is 22.5. The maximum atomic E-state index is 13.4. The van der Waals surface area contributed by atoms with E-state index in [0.29, 0.717) is 10.6 Å². The number of aryl methyl sites for hydroxylation is 1. The van der Waals surface area contributed by atoms with Gasteiger partial charge in [0.15, 0.2) is 0 Å². The summed E-state index contributed by atoms with van der Waals surface area (Å²) < 4.78 is 40.7. The zero-order valence-electron chi connectivity index (χ0n) is 16.5. The number of nitrogens with zero attached hydrogens (tertiary/aromatic N) is 2. The smallest absolute Gasteiger partial charge is 0.264 e. The van der Waals surface area contributed by atoms with Gasteiger partial charge in [0.1, 0.15) is 12.4 Å². The first-order chi connectivity index (χ1) is 14.8. The second-order valence-corrected chi connectivity index (χ2v) is 8.89. The Balaban J connectivity index is 1.84. The van der Waals surface area contributed by atoms with E-state index in [4.69, 9.17) is 11.6 Å². The highest BCUT2D eigenvalue weighted by Crippen LogP contribution is 2.24. The Kier molecular flexibility index (Phi) is 7.04. The van der Waals surface area contributed by atoms with Gasteiger partial charge in [-0.25, -0.2) is 18.2 Å². The number of carbonyl (C=O) groups excluding carboxylic acids is 1. The molecule has 3 rings (SSSR count). The molecular weight excluding hydrogens is 441 g/mol. The Labute approximate surface area is 185 Å². The van der Waals surface area contributed by atoms with Crippen molar-refractivity contribution in [3.05, 3.63) is 94.8 Å². The molecule has 0 aliphatic carbocycles. The molecule has 0 aliphatic heterocycles. The SMILES string of the molecule is Cc1ccc(S(=O)(=O)N(CC(=O)N/N=C\c2ccccc2Cl)c2ccc(F)cc2)cc1. The molecule has 6 nitrogen and oxygen atoms in total. The lowest BCUT2D eigenvalue weighted by Crippen LogP contribution is -2.39. The number of hydrogen-bond acceptors (Lipinski definition) is 4. The predicted octanol–water partition coefficient (Wildman–Crippen LogP) is 4.13. The van der Waals surface area contributed by atoms with Gasteiger partial charge in [0.2, 0.25) is 0 Å². The fraction of sp³-hybridized carbons (Fsp3) is 0.0909. The van der Waals surface area contributed by atoms with Crippen LogP contribution in [0.15, 0.2) is 82.8 Å². The summed E-state index contributed by atoms with van der Waals surface area (Å²) in [7, 11) is -4.09. The molecule has 3 aromatic carbocycles. The Morgan fingerprint density at radius 3 is 2.35 bits per heavy atom. The standard InChI is InChI=1S/C22H19ClFN3O3S/c1-16-6-12-20(13-7-16)31(29,30)27(19-10-8-18(24)9-11-19)15-22(28)26-25-14-17-4-2-3-5-21(17)23/h2-14H,15H2,1H3,(H,26,28)/b25-14-. The van der Waals surface area contributed by atoms with Gasteiger partial charge in [-0.05, 0) is 49.4 Å². The van der Waals surface area contributed by atoms with Crippen LogP contribution in [0, 0.1) is 12.7 Å². The number of halogens is 2. The van der Waals surface area contributed by atoms with E-state index in [1.54, 1.807) is 36.4 Å². The third kappa shape index (κ3) is 5.68. The van der Waals surface area contributed by atoms with Crippen LogP contribution in [0.2, 0.25) is 5.02 Å². The van der Waals surface area contributed by atoms with Crippen LogP contribution >= 0.6 is 11.6 Å². The van der Waals surface area contributed by atoms with Gasteiger partial charge < -0.3 is 0 Å². The molecule has 0 fully saturated rings. The van der Waals surface area contributed by atoms with E-state index in [2.05, 4.69) is 10.5 Å². The zero-order valence-corrected chi connectivity index (χ0v) is 18.1. The van der Waals surface area contributed by atoms with Crippen LogP contribution in [-0.2, 0) is 14.8 Å². The van der Waals surface area contributed by atoms with Gasteiger partial charge in [0, 0.05) is 10.6 Å². The third-order valence-corrected chi connectivity index (χ3v) is 6.44. The van der Waals surface area contributed by atoms with Gasteiger partial charge in [0.05, 0.1) is 16.8 Å². The Morgan fingerprint density at radius 2 is 1.71 bits per heavy atom. The fourth-order valence-electron chi connectivity index (χ4n) is 2.68. The minimum Gasteiger partial charge on any atom is -0.271 e. The first-order valence-electron chi connectivity index (χ1n) is 9.19. The number of benzene rings is 3. The van der Waals surface area contributed by atoms with E-state index in [9.17, 15) is 17.6 Å². The zero-order chi connectivity index (χ0) is 22.4. The molecule has 0 bridgehead atoms. The van der Waals surface area contributed by atoms with E-state index < -0.39 is 28.3 Å². The summed E-state index contributed by atoms with van der Waals surface area (Å²) in [6, 6.07) is 18.0. The number of amides is 1. The number of carbonyl (C=O) groups is 1. The van der Waals surface area contributed by atoms with Crippen molar-refractivity contribution >= 4 is 39.4 Å². The minimum absolute atomic E-state index is 0.00907. The summed E-state index contributed by atoms with van der Waals surface area (Å²) >= 11 is 6.03. The Bertz CT molecular complexity index is 1200. The number of hydrazone groups is 1. The molecular formula is C22H19ClFN3O3S. The van der Waals surface area contributed by atoms with Gasteiger partial charge in [-0.2, -0.15) is 5.10 Å². The monoisotopic (exact) mass is 459 g/mol. The molecule has 0 heterocycles. The average molecular weight is 460 g/mol. The summed E-state index contributed by atoms with van der Waals surface area (Å²) in [5.74, 6) is -1.20. The minimum atomic E-state index is -4.09. The molecule has 0 aliphatic rings. The predicted molar refractivity (Wildman–Crippen MR) is 119 cm³/mol. The molecule has 160 valence electrons. The molecule has 0 aromatic heterocycles. The normalized spacial score (nSPS) is 11.5. The van der Waals surface area contributed by atoms with Crippen molar-refractivity contribution in [1.82, 2.24) is 5.43 Å². The molecule has 1 amide bonds. The van der Waals surface area contributed by atoms with Crippen molar-refractivity contribution in [2.45, 2.75) is 11.8 Å². The molecule has 3 aromatic rings. The van der Waals surface area contributed by atoms with E-state index in [-0.39, 0.29) is 10.6 Å². The van der Waals surface area contributed by atoms with Crippen molar-refractivity contribution < 1.29 is 17.6 Å². The van der Waals surface area contributed by atoms with E-state index >= 15 is 0 Å². The largest absolute Gasteiger partial charge is 0.271 e. The molecule has 0 unspecified atom stereocenters. The maximum Gasteiger partial charge on any atom is 0.264 e. The molecule has 0 saturated carbocycles. The van der Waals surface area contributed by atoms with E-state index in [1.807, 2.05) is 6.92 Å². The fourth-order valence-corrected chi connectivity index (χ4v) is 4.28. The van der Waals surface area contributed by atoms with Gasteiger partial charge >= 0.3 is 0 Å². The number of anilines is 1. The lowest BCUT2D eigenvalue weighted by atomic mass is 10.2. The van der Waals surface area contributed by atoms with Gasteiger partial charge in [-0.15, -0.1) is 0 Å². The highest BCUT2D eigenvalue weighted by Gasteiger charge is 2.27. The van der Waals surface area contributed by atoms with Gasteiger partial charge in [-0.3, -0.25) is 9.10 Å². The van der Waals surface area contributed by atoms with Crippen molar-refractivity contribution in [2.24, 2.45) is 5.10 Å². The summed E-state index contributed by atoms with van der Waals surface area (Å²) in [6.07, 6.45) is 1.36. The second kappa shape index (κ2) is 9.72. The van der Waals surface area contributed by atoms with Crippen LogP contribution < -0.4 is 9.73 Å². The van der Waals surface area contributed by atoms with Gasteiger partial charge in [-0.1, -0.05) is 47.5 Å². The van der Waals surface area contributed by atoms with Crippen molar-refractivity contribution in [2.75, 3.05) is 10.8 Å². The highest BCUT2D eigenvalue weighted by molar-refractivity contribution is 7.92. The van der Waals surface area contributed by atoms with Crippen molar-refractivity contribution in [3.63, 3.8) is 0 Å². The summed E-state index contributed by atoms with van der Waals surface area (Å²) in [4.78, 5) is 12.5. The summed E-state index contributed by atoms with van der Waals surface area (Å²) in [5, 5.41) is 4.29. The lowest BCUT2D eigenvalue weighted by Gasteiger charge is -2.23.